The van der Waals surface area contributed by atoms with Crippen molar-refractivity contribution in [1.82, 2.24) is 15.5 Å². The molecule has 0 saturated heterocycles. The summed E-state index contributed by atoms with van der Waals surface area (Å²) in [6.07, 6.45) is 0. The highest BCUT2D eigenvalue weighted by atomic mass is 32.1. The zero-order chi connectivity index (χ0) is 21.3. The van der Waals surface area contributed by atoms with Crippen molar-refractivity contribution >= 4 is 23.2 Å². The number of guanidine groups is 1. The normalized spacial score (nSPS) is 12.0. The summed E-state index contributed by atoms with van der Waals surface area (Å²) in [6.45, 7) is 14.2. The summed E-state index contributed by atoms with van der Waals surface area (Å²) in [5, 5.41) is 8.89. The fourth-order valence-electron chi connectivity index (χ4n) is 3.01. The lowest BCUT2D eigenvalue weighted by molar-refractivity contribution is 0.0773. The van der Waals surface area contributed by atoms with Crippen LogP contribution in [0.3, 0.4) is 0 Å². The van der Waals surface area contributed by atoms with E-state index >= 15 is 0 Å². The number of amides is 1. The van der Waals surface area contributed by atoms with Gasteiger partial charge in [0.15, 0.2) is 5.96 Å². The van der Waals surface area contributed by atoms with Crippen molar-refractivity contribution in [1.29, 1.82) is 0 Å². The van der Waals surface area contributed by atoms with Crippen LogP contribution in [0, 0.1) is 0 Å². The van der Waals surface area contributed by atoms with Crippen molar-refractivity contribution in [3.63, 3.8) is 0 Å². The molecule has 1 heterocycles. The standard InChI is InChI=1S/C23H34N4OS/c1-6-24-22(26-17-23(4,5)20-10-9-15-29-20)25-16-18-11-13-19(14-12-18)21(28)27(7-2)8-3/h9-15H,6-8,16-17H2,1-5H3,(H2,24,25,26). The van der Waals surface area contributed by atoms with Crippen molar-refractivity contribution in [2.75, 3.05) is 26.2 Å². The molecule has 1 aromatic carbocycles. The van der Waals surface area contributed by atoms with Crippen LogP contribution in [-0.2, 0) is 12.0 Å². The zero-order valence-electron chi connectivity index (χ0n) is 18.3. The monoisotopic (exact) mass is 414 g/mol. The van der Waals surface area contributed by atoms with Gasteiger partial charge in [-0.1, -0.05) is 32.0 Å². The van der Waals surface area contributed by atoms with E-state index in [-0.39, 0.29) is 11.3 Å². The Kier molecular flexibility index (Phi) is 8.70. The predicted molar refractivity (Wildman–Crippen MR) is 124 cm³/mol. The van der Waals surface area contributed by atoms with Gasteiger partial charge in [-0.05, 0) is 49.9 Å². The van der Waals surface area contributed by atoms with Crippen molar-refractivity contribution in [2.24, 2.45) is 4.99 Å². The number of carbonyl (C=O) groups excluding carboxylic acids is 1. The van der Waals surface area contributed by atoms with Gasteiger partial charge in [-0.2, -0.15) is 0 Å². The molecule has 2 N–H and O–H groups in total. The Morgan fingerprint density at radius 3 is 2.31 bits per heavy atom. The fourth-order valence-corrected chi connectivity index (χ4v) is 3.87. The van der Waals surface area contributed by atoms with E-state index in [9.17, 15) is 4.79 Å². The second-order valence-corrected chi connectivity index (χ2v) is 8.53. The maximum atomic E-state index is 12.4. The summed E-state index contributed by atoms with van der Waals surface area (Å²) in [5.74, 6) is 0.885. The van der Waals surface area contributed by atoms with E-state index in [0.29, 0.717) is 6.54 Å². The lowest BCUT2D eigenvalue weighted by atomic mass is 9.91. The fraction of sp³-hybridized carbons (Fsp3) is 0.478. The van der Waals surface area contributed by atoms with Crippen LogP contribution in [0.25, 0.3) is 0 Å². The molecule has 0 fully saturated rings. The van der Waals surface area contributed by atoms with E-state index in [4.69, 9.17) is 4.99 Å². The molecule has 0 aliphatic heterocycles. The van der Waals surface area contributed by atoms with Crippen LogP contribution >= 0.6 is 11.3 Å². The summed E-state index contributed by atoms with van der Waals surface area (Å²) < 4.78 is 0. The molecule has 29 heavy (non-hydrogen) atoms. The molecule has 0 spiro atoms. The second-order valence-electron chi connectivity index (χ2n) is 7.58. The summed E-state index contributed by atoms with van der Waals surface area (Å²) in [4.78, 5) is 20.3. The quantitative estimate of drug-likeness (QED) is 0.476. The second kappa shape index (κ2) is 11.0. The highest BCUT2D eigenvalue weighted by molar-refractivity contribution is 7.10. The topological polar surface area (TPSA) is 56.7 Å². The van der Waals surface area contributed by atoms with Crippen LogP contribution in [-0.4, -0.2) is 42.9 Å². The van der Waals surface area contributed by atoms with E-state index in [1.54, 1.807) is 11.3 Å². The molecule has 158 valence electrons. The molecule has 2 rings (SSSR count). The Morgan fingerprint density at radius 1 is 1.07 bits per heavy atom. The van der Waals surface area contributed by atoms with E-state index in [1.165, 1.54) is 4.88 Å². The Labute approximate surface area is 179 Å². The minimum atomic E-state index is 0.0385. The van der Waals surface area contributed by atoms with Crippen LogP contribution < -0.4 is 10.6 Å². The van der Waals surface area contributed by atoms with Crippen LogP contribution in [0.15, 0.2) is 46.8 Å². The first-order chi connectivity index (χ1) is 13.9. The van der Waals surface area contributed by atoms with E-state index in [0.717, 1.165) is 43.3 Å². The molecule has 0 unspecified atom stereocenters. The van der Waals surface area contributed by atoms with Gasteiger partial charge in [-0.25, -0.2) is 4.99 Å². The molecule has 1 amide bonds. The number of nitrogens with one attached hydrogen (secondary N) is 2. The minimum Gasteiger partial charge on any atom is -0.357 e. The Bertz CT molecular complexity index is 778. The molecule has 5 nitrogen and oxygen atoms in total. The van der Waals surface area contributed by atoms with Gasteiger partial charge in [-0.15, -0.1) is 11.3 Å². The number of hydrogen-bond donors (Lipinski definition) is 2. The van der Waals surface area contributed by atoms with Crippen LogP contribution in [0.5, 0.6) is 0 Å². The maximum absolute atomic E-state index is 12.4. The lowest BCUT2D eigenvalue weighted by Gasteiger charge is -2.25. The smallest absolute Gasteiger partial charge is 0.253 e. The van der Waals surface area contributed by atoms with Gasteiger partial charge in [0.25, 0.3) is 5.91 Å². The van der Waals surface area contributed by atoms with Gasteiger partial charge in [0.05, 0.1) is 6.54 Å². The average molecular weight is 415 g/mol. The first-order valence-corrected chi connectivity index (χ1v) is 11.2. The summed E-state index contributed by atoms with van der Waals surface area (Å²) in [7, 11) is 0. The number of benzene rings is 1. The van der Waals surface area contributed by atoms with Crippen molar-refractivity contribution < 1.29 is 4.79 Å². The zero-order valence-corrected chi connectivity index (χ0v) is 19.1. The van der Waals surface area contributed by atoms with E-state index < -0.39 is 0 Å². The molecule has 1 aromatic heterocycles. The Hall–Kier alpha value is -2.34. The number of nitrogens with zero attached hydrogens (tertiary/aromatic N) is 2. The van der Waals surface area contributed by atoms with Crippen LogP contribution in [0.4, 0.5) is 0 Å². The first-order valence-electron chi connectivity index (χ1n) is 10.4. The highest BCUT2D eigenvalue weighted by Gasteiger charge is 2.21. The number of aliphatic imine (C=N–C) groups is 1. The first kappa shape index (κ1) is 22.9. The highest BCUT2D eigenvalue weighted by Crippen LogP contribution is 2.26. The molecule has 0 aliphatic rings. The van der Waals surface area contributed by atoms with E-state index in [1.807, 2.05) is 43.0 Å². The van der Waals surface area contributed by atoms with Crippen LogP contribution in [0.1, 0.15) is 55.4 Å². The summed E-state index contributed by atoms with van der Waals surface area (Å²) in [5.41, 5.74) is 1.84. The van der Waals surface area contributed by atoms with Gasteiger partial charge < -0.3 is 15.5 Å². The number of rotatable bonds is 9. The molecule has 0 aliphatic carbocycles. The van der Waals surface area contributed by atoms with Gasteiger partial charge in [0.1, 0.15) is 0 Å². The maximum Gasteiger partial charge on any atom is 0.253 e. The molecule has 2 aromatic rings. The van der Waals surface area contributed by atoms with Gasteiger partial charge in [0, 0.05) is 42.0 Å². The Morgan fingerprint density at radius 2 is 1.76 bits per heavy atom. The van der Waals surface area contributed by atoms with Crippen molar-refractivity contribution in [3.8, 4) is 0 Å². The molecule has 0 radical (unpaired) electrons. The largest absolute Gasteiger partial charge is 0.357 e. The Balaban J connectivity index is 2.00. The van der Waals surface area contributed by atoms with E-state index in [2.05, 4.69) is 48.9 Å². The molecular weight excluding hydrogens is 380 g/mol. The minimum absolute atomic E-state index is 0.0385. The third-order valence-electron chi connectivity index (χ3n) is 4.90. The molecule has 0 saturated carbocycles. The average Bonchev–Trinajstić information content (AvgIpc) is 3.27. The summed E-state index contributed by atoms with van der Waals surface area (Å²) >= 11 is 1.78. The lowest BCUT2D eigenvalue weighted by Crippen LogP contribution is -2.43. The number of thiophene rings is 1. The SMILES string of the molecule is CCNC(=NCc1ccc(C(=O)N(CC)CC)cc1)NCC(C)(C)c1cccs1. The van der Waals surface area contributed by atoms with Gasteiger partial charge in [-0.3, -0.25) is 4.79 Å². The number of hydrogen-bond acceptors (Lipinski definition) is 3. The van der Waals surface area contributed by atoms with Gasteiger partial charge >= 0.3 is 0 Å². The van der Waals surface area contributed by atoms with Crippen molar-refractivity contribution in [3.05, 3.63) is 57.8 Å². The van der Waals surface area contributed by atoms with Crippen molar-refractivity contribution in [2.45, 2.75) is 46.6 Å². The molecule has 0 bridgehead atoms. The molecule has 6 heteroatoms. The third-order valence-corrected chi connectivity index (χ3v) is 6.14. The summed E-state index contributed by atoms with van der Waals surface area (Å²) in [6, 6.07) is 12.0. The molecule has 0 atom stereocenters. The van der Waals surface area contributed by atoms with Crippen LogP contribution in [0.2, 0.25) is 0 Å². The molecular formula is C23H34N4OS. The predicted octanol–water partition coefficient (Wildman–Crippen LogP) is 4.26. The van der Waals surface area contributed by atoms with Gasteiger partial charge in [0.2, 0.25) is 0 Å². The number of carbonyl (C=O) groups is 1. The third kappa shape index (κ3) is 6.60.